The van der Waals surface area contributed by atoms with Gasteiger partial charge >= 0.3 is 0 Å². The molecule has 3 N–H and O–H groups in total. The first-order valence-corrected chi connectivity index (χ1v) is 9.91. The Morgan fingerprint density at radius 2 is 1.67 bits per heavy atom. The van der Waals surface area contributed by atoms with E-state index in [9.17, 15) is 16.8 Å². The van der Waals surface area contributed by atoms with Crippen LogP contribution in [0, 0.1) is 0 Å². The smallest absolute Gasteiger partial charge is 0.238 e. The summed E-state index contributed by atoms with van der Waals surface area (Å²) < 4.78 is 54.3. The molecule has 1 aromatic heterocycles. The van der Waals surface area contributed by atoms with Crippen LogP contribution in [0.3, 0.4) is 0 Å². The van der Waals surface area contributed by atoms with E-state index in [1.54, 1.807) is 24.3 Å². The van der Waals surface area contributed by atoms with Gasteiger partial charge in [-0.05, 0) is 36.4 Å². The summed E-state index contributed by atoms with van der Waals surface area (Å²) in [4.78, 5) is -0.104. The van der Waals surface area contributed by atoms with Crippen LogP contribution in [0.2, 0.25) is 0 Å². The molecule has 0 bridgehead atoms. The van der Waals surface area contributed by atoms with Crippen LogP contribution >= 0.6 is 0 Å². The Bertz CT molecular complexity index is 1090. The van der Waals surface area contributed by atoms with E-state index in [4.69, 9.17) is 9.66 Å². The molecule has 0 unspecified atom stereocenters. The second kappa shape index (κ2) is 5.89. The van der Waals surface area contributed by atoms with Crippen LogP contribution in [0.5, 0.6) is 0 Å². The molecule has 0 fully saturated rings. The molecule has 0 atom stereocenters. The Morgan fingerprint density at radius 3 is 2.33 bits per heavy atom. The van der Waals surface area contributed by atoms with Crippen molar-refractivity contribution in [2.75, 3.05) is 4.72 Å². The zero-order chi connectivity index (χ0) is 17.4. The molecule has 1 heterocycles. The summed E-state index contributed by atoms with van der Waals surface area (Å²) in [6, 6.07) is 12.0. The van der Waals surface area contributed by atoms with Crippen molar-refractivity contribution in [1.82, 2.24) is 5.16 Å². The second-order valence-electron chi connectivity index (χ2n) is 5.06. The predicted octanol–water partition coefficient (Wildman–Crippen LogP) is 1.42. The van der Waals surface area contributed by atoms with Crippen LogP contribution in [0.25, 0.3) is 11.0 Å². The third-order valence-corrected chi connectivity index (χ3v) is 5.36. The number of hydrogen-bond donors (Lipinski definition) is 2. The number of fused-ring (bicyclic) bond motifs is 1. The van der Waals surface area contributed by atoms with Crippen LogP contribution in [0.15, 0.2) is 57.9 Å². The number of aromatic nitrogens is 1. The maximum absolute atomic E-state index is 12.3. The number of rotatable bonds is 5. The van der Waals surface area contributed by atoms with Crippen molar-refractivity contribution in [2.45, 2.75) is 10.6 Å². The quantitative estimate of drug-likeness (QED) is 0.701. The van der Waals surface area contributed by atoms with Gasteiger partial charge in [0.2, 0.25) is 20.0 Å². The number of nitrogens with two attached hydrogens (primary N) is 1. The summed E-state index contributed by atoms with van der Waals surface area (Å²) in [5.41, 5.74) is 1.01. The highest BCUT2D eigenvalue weighted by Gasteiger charge is 2.18. The number of anilines is 1. The van der Waals surface area contributed by atoms with Crippen LogP contribution < -0.4 is 9.86 Å². The lowest BCUT2D eigenvalue weighted by molar-refractivity contribution is 0.448. The summed E-state index contributed by atoms with van der Waals surface area (Å²) >= 11 is 0. The van der Waals surface area contributed by atoms with Crippen molar-refractivity contribution in [2.24, 2.45) is 5.14 Å². The first-order valence-electron chi connectivity index (χ1n) is 6.71. The standard InChI is InChI=1S/C14H13N3O5S2/c15-24(20,21)11-7-5-10(6-8-11)17-23(18,19)9-13-12-3-1-2-4-14(12)22-16-13/h1-8,17H,9H2,(H2,15,20,21). The lowest BCUT2D eigenvalue weighted by Gasteiger charge is -2.07. The number of para-hydroxylation sites is 1. The Labute approximate surface area is 138 Å². The monoisotopic (exact) mass is 367 g/mol. The van der Waals surface area contributed by atoms with Gasteiger partial charge < -0.3 is 4.52 Å². The van der Waals surface area contributed by atoms with Gasteiger partial charge in [0.05, 0.1) is 4.90 Å². The zero-order valence-electron chi connectivity index (χ0n) is 12.2. The first-order chi connectivity index (χ1) is 11.2. The summed E-state index contributed by atoms with van der Waals surface area (Å²) in [6.07, 6.45) is 0. The molecule has 0 amide bonds. The highest BCUT2D eigenvalue weighted by molar-refractivity contribution is 7.92. The van der Waals surface area contributed by atoms with Gasteiger partial charge in [-0.1, -0.05) is 17.3 Å². The van der Waals surface area contributed by atoms with Crippen molar-refractivity contribution in [3.63, 3.8) is 0 Å². The van der Waals surface area contributed by atoms with E-state index in [1.165, 1.54) is 24.3 Å². The summed E-state index contributed by atoms with van der Waals surface area (Å²) in [5.74, 6) is -0.374. The van der Waals surface area contributed by atoms with Crippen LogP contribution in [0.4, 0.5) is 5.69 Å². The van der Waals surface area contributed by atoms with Gasteiger partial charge in [-0.25, -0.2) is 22.0 Å². The van der Waals surface area contributed by atoms with E-state index < -0.39 is 20.0 Å². The summed E-state index contributed by atoms with van der Waals surface area (Å²) in [5, 5.41) is 9.39. The largest absolute Gasteiger partial charge is 0.356 e. The third-order valence-electron chi connectivity index (χ3n) is 3.24. The van der Waals surface area contributed by atoms with Gasteiger partial charge in [0.25, 0.3) is 0 Å². The fourth-order valence-corrected chi connectivity index (χ4v) is 3.80. The molecule has 0 aliphatic heterocycles. The summed E-state index contributed by atoms with van der Waals surface area (Å²) in [7, 11) is -7.58. The number of benzene rings is 2. The van der Waals surface area contributed by atoms with Crippen molar-refractivity contribution in [3.8, 4) is 0 Å². The maximum Gasteiger partial charge on any atom is 0.238 e. The van der Waals surface area contributed by atoms with E-state index in [0.717, 1.165) is 0 Å². The number of hydrogen-bond acceptors (Lipinski definition) is 6. The van der Waals surface area contributed by atoms with Gasteiger partial charge in [0.1, 0.15) is 11.4 Å². The Kier molecular flexibility index (Phi) is 4.03. The van der Waals surface area contributed by atoms with Crippen molar-refractivity contribution < 1.29 is 21.4 Å². The fourth-order valence-electron chi connectivity index (χ4n) is 2.15. The number of nitrogens with zero attached hydrogens (tertiary/aromatic N) is 1. The predicted molar refractivity (Wildman–Crippen MR) is 88.1 cm³/mol. The molecule has 0 saturated carbocycles. The average Bonchev–Trinajstić information content (AvgIpc) is 2.89. The van der Waals surface area contributed by atoms with Gasteiger partial charge in [-0.2, -0.15) is 0 Å². The molecule has 0 spiro atoms. The van der Waals surface area contributed by atoms with Gasteiger partial charge in [0, 0.05) is 11.1 Å². The zero-order valence-corrected chi connectivity index (χ0v) is 13.8. The Hall–Kier alpha value is -2.43. The molecule has 8 nitrogen and oxygen atoms in total. The molecule has 24 heavy (non-hydrogen) atoms. The maximum atomic E-state index is 12.3. The number of primary sulfonamides is 1. The van der Waals surface area contributed by atoms with E-state index in [-0.39, 0.29) is 16.3 Å². The first kappa shape index (κ1) is 16.4. The molecular weight excluding hydrogens is 354 g/mol. The molecule has 3 aromatic rings. The molecule has 3 rings (SSSR count). The fraction of sp³-hybridized carbons (Fsp3) is 0.0714. The second-order valence-corrected chi connectivity index (χ2v) is 8.34. The summed E-state index contributed by atoms with van der Waals surface area (Å²) in [6.45, 7) is 0. The lowest BCUT2D eigenvalue weighted by Crippen LogP contribution is -2.16. The van der Waals surface area contributed by atoms with Gasteiger partial charge in [0.15, 0.2) is 5.58 Å². The number of nitrogens with one attached hydrogen (secondary N) is 1. The Balaban J connectivity index is 1.81. The molecule has 10 heteroatoms. The van der Waals surface area contributed by atoms with Crippen LogP contribution in [-0.4, -0.2) is 22.0 Å². The molecule has 2 aromatic carbocycles. The highest BCUT2D eigenvalue weighted by Crippen LogP contribution is 2.21. The molecule has 126 valence electrons. The minimum Gasteiger partial charge on any atom is -0.356 e. The highest BCUT2D eigenvalue weighted by atomic mass is 32.2. The van der Waals surface area contributed by atoms with Crippen molar-refractivity contribution in [3.05, 3.63) is 54.2 Å². The molecular formula is C14H13N3O5S2. The average molecular weight is 367 g/mol. The van der Waals surface area contributed by atoms with E-state index in [1.807, 2.05) is 0 Å². The topological polar surface area (TPSA) is 132 Å². The molecule has 0 radical (unpaired) electrons. The van der Waals surface area contributed by atoms with Crippen molar-refractivity contribution >= 4 is 36.7 Å². The molecule has 0 saturated heterocycles. The number of sulfonamides is 2. The lowest BCUT2D eigenvalue weighted by atomic mass is 10.2. The SMILES string of the molecule is NS(=O)(=O)c1ccc(NS(=O)(=O)Cc2noc3ccccc23)cc1. The van der Waals surface area contributed by atoms with E-state index in [2.05, 4.69) is 9.88 Å². The van der Waals surface area contributed by atoms with E-state index in [0.29, 0.717) is 16.7 Å². The third kappa shape index (κ3) is 3.55. The van der Waals surface area contributed by atoms with E-state index >= 15 is 0 Å². The van der Waals surface area contributed by atoms with Crippen LogP contribution in [-0.2, 0) is 25.8 Å². The molecule has 0 aliphatic rings. The van der Waals surface area contributed by atoms with Crippen molar-refractivity contribution in [1.29, 1.82) is 0 Å². The molecule has 0 aliphatic carbocycles. The Morgan fingerprint density at radius 1 is 1.00 bits per heavy atom. The minimum absolute atomic E-state index is 0.104. The normalized spacial score (nSPS) is 12.4. The minimum atomic E-state index is -3.83. The van der Waals surface area contributed by atoms with Gasteiger partial charge in [-0.3, -0.25) is 4.72 Å². The van der Waals surface area contributed by atoms with Gasteiger partial charge in [-0.15, -0.1) is 0 Å². The van der Waals surface area contributed by atoms with Crippen LogP contribution in [0.1, 0.15) is 5.69 Å².